The lowest BCUT2D eigenvalue weighted by Gasteiger charge is -2.34. The van der Waals surface area contributed by atoms with Crippen LogP contribution in [-0.4, -0.2) is 36.5 Å². The molecule has 3 aromatic heterocycles. The van der Waals surface area contributed by atoms with Gasteiger partial charge in [-0.05, 0) is 57.9 Å². The average molecular weight is 418 g/mol. The van der Waals surface area contributed by atoms with Gasteiger partial charge in [0, 0.05) is 54.1 Å². The highest BCUT2D eigenvalue weighted by Gasteiger charge is 2.25. The molecular weight excluding hydrogens is 390 g/mol. The van der Waals surface area contributed by atoms with Gasteiger partial charge in [0.1, 0.15) is 5.75 Å². The number of phenolic OH excluding ortho intramolecular Hbond substituents is 1. The number of aromatic hydroxyl groups is 1. The van der Waals surface area contributed by atoms with Crippen LogP contribution in [0.5, 0.6) is 5.75 Å². The maximum atomic E-state index is 13.2. The summed E-state index contributed by atoms with van der Waals surface area (Å²) < 4.78 is 3.60. The Morgan fingerprint density at radius 1 is 1.16 bits per heavy atom. The third kappa shape index (κ3) is 3.29. The van der Waals surface area contributed by atoms with Crippen molar-refractivity contribution in [1.29, 1.82) is 0 Å². The van der Waals surface area contributed by atoms with Gasteiger partial charge >= 0.3 is 0 Å². The van der Waals surface area contributed by atoms with Crippen LogP contribution in [0.4, 0.5) is 0 Å². The molecule has 0 spiro atoms. The van der Waals surface area contributed by atoms with E-state index in [2.05, 4.69) is 24.3 Å². The zero-order chi connectivity index (χ0) is 21.9. The predicted molar refractivity (Wildman–Crippen MR) is 122 cm³/mol. The molecule has 0 amide bonds. The zero-order valence-corrected chi connectivity index (χ0v) is 18.3. The third-order valence-corrected chi connectivity index (χ3v) is 6.39. The van der Waals surface area contributed by atoms with E-state index in [9.17, 15) is 9.90 Å². The highest BCUT2D eigenvalue weighted by molar-refractivity contribution is 5.91. The van der Waals surface area contributed by atoms with Crippen LogP contribution in [0.25, 0.3) is 33.1 Å². The minimum atomic E-state index is -0.00837. The molecule has 4 heterocycles. The number of rotatable bonds is 2. The Morgan fingerprint density at radius 2 is 1.90 bits per heavy atom. The zero-order valence-electron chi connectivity index (χ0n) is 18.3. The molecule has 1 saturated heterocycles. The van der Waals surface area contributed by atoms with Gasteiger partial charge in [-0.15, -0.1) is 0 Å². The van der Waals surface area contributed by atoms with E-state index in [1.54, 1.807) is 4.68 Å². The first-order chi connectivity index (χ1) is 14.8. The number of benzene rings is 1. The number of fused-ring (bicyclic) bond motifs is 2. The lowest BCUT2D eigenvalue weighted by molar-refractivity contribution is 0.260. The largest absolute Gasteiger partial charge is 0.507 e. The summed E-state index contributed by atoms with van der Waals surface area (Å²) in [5.41, 5.74) is 3.41. The third-order valence-electron chi connectivity index (χ3n) is 6.39. The molecule has 1 unspecified atom stereocenters. The number of aryl methyl sites for hydroxylation is 2. The van der Waals surface area contributed by atoms with Crippen LogP contribution >= 0.6 is 0 Å². The van der Waals surface area contributed by atoms with Gasteiger partial charge in [-0.3, -0.25) is 9.48 Å². The molecule has 4 aromatic rings. The number of hydrogen-bond acceptors (Lipinski definition) is 5. The maximum Gasteiger partial charge on any atom is 0.260 e. The van der Waals surface area contributed by atoms with Crippen molar-refractivity contribution in [1.82, 2.24) is 24.6 Å². The van der Waals surface area contributed by atoms with Crippen LogP contribution < -0.4 is 10.9 Å². The van der Waals surface area contributed by atoms with Gasteiger partial charge < -0.3 is 15.0 Å². The number of phenols is 1. The first-order valence-corrected chi connectivity index (χ1v) is 10.8. The van der Waals surface area contributed by atoms with Gasteiger partial charge in [-0.2, -0.15) is 5.10 Å². The van der Waals surface area contributed by atoms with Gasteiger partial charge in [-0.25, -0.2) is 4.98 Å². The van der Waals surface area contributed by atoms with Crippen LogP contribution in [0.15, 0.2) is 41.5 Å². The van der Waals surface area contributed by atoms with Crippen LogP contribution in [0, 0.1) is 6.92 Å². The van der Waals surface area contributed by atoms with E-state index in [1.165, 1.54) is 0 Å². The molecule has 0 aliphatic carbocycles. The number of hydrogen-bond donors (Lipinski definition) is 2. The van der Waals surface area contributed by atoms with E-state index in [0.29, 0.717) is 34.2 Å². The molecule has 7 nitrogen and oxygen atoms in total. The van der Waals surface area contributed by atoms with Crippen molar-refractivity contribution >= 4 is 21.8 Å². The normalized spacial score (nSPS) is 21.7. The number of piperidine rings is 1. The van der Waals surface area contributed by atoms with Crippen molar-refractivity contribution in [3.05, 3.63) is 52.6 Å². The van der Waals surface area contributed by atoms with Crippen molar-refractivity contribution in [2.45, 2.75) is 51.7 Å². The highest BCUT2D eigenvalue weighted by Crippen LogP contribution is 2.36. The summed E-state index contributed by atoms with van der Waals surface area (Å²) in [5.74, 6) is 0.170. The monoisotopic (exact) mass is 417 g/mol. The van der Waals surface area contributed by atoms with Crippen molar-refractivity contribution in [2.24, 2.45) is 7.05 Å². The fourth-order valence-electron chi connectivity index (χ4n) is 4.98. The summed E-state index contributed by atoms with van der Waals surface area (Å²) in [4.78, 5) is 18.0. The Morgan fingerprint density at radius 3 is 2.65 bits per heavy atom. The fourth-order valence-corrected chi connectivity index (χ4v) is 4.98. The first kappa shape index (κ1) is 19.8. The molecule has 31 heavy (non-hydrogen) atoms. The van der Waals surface area contributed by atoms with Gasteiger partial charge in [0.25, 0.3) is 5.56 Å². The average Bonchev–Trinajstić information content (AvgIpc) is 3.10. The molecular formula is C24H27N5O2. The van der Waals surface area contributed by atoms with Crippen LogP contribution in [0.1, 0.15) is 38.3 Å². The van der Waals surface area contributed by atoms with Crippen LogP contribution in [0.2, 0.25) is 0 Å². The SMILES string of the molecule is Cc1c(O)c(-c2ccc3c(=O)n(C4C[C@@H](C)N[C@@H](C)C4)ccc3n2)cc2cn(C)nc12. The molecule has 1 aliphatic heterocycles. The Balaban J connectivity index is 1.60. The van der Waals surface area contributed by atoms with Crippen molar-refractivity contribution in [3.63, 3.8) is 0 Å². The quantitative estimate of drug-likeness (QED) is 0.520. The van der Waals surface area contributed by atoms with Gasteiger partial charge in [-0.1, -0.05) is 0 Å². The van der Waals surface area contributed by atoms with E-state index >= 15 is 0 Å². The second-order valence-corrected chi connectivity index (χ2v) is 8.89. The summed E-state index contributed by atoms with van der Waals surface area (Å²) in [6, 6.07) is 8.39. The standard InChI is InChI=1S/C24H27N5O2/c1-13-9-17(10-14(2)25-13)29-8-7-21-18(24(29)31)5-6-20(26-21)19-11-16-12-28(4)27-22(16)15(3)23(19)30/h5-8,11-14,17,25,30H,9-10H2,1-4H3/t13-,14+,17?. The minimum Gasteiger partial charge on any atom is -0.507 e. The van der Waals surface area contributed by atoms with Gasteiger partial charge in [0.2, 0.25) is 0 Å². The number of pyridine rings is 2. The topological polar surface area (TPSA) is 85.0 Å². The molecule has 7 heteroatoms. The second kappa shape index (κ2) is 7.20. The summed E-state index contributed by atoms with van der Waals surface area (Å²) in [6.07, 6.45) is 5.65. The van der Waals surface area contributed by atoms with Crippen LogP contribution in [-0.2, 0) is 7.05 Å². The summed E-state index contributed by atoms with van der Waals surface area (Å²) in [6.45, 7) is 6.18. The van der Waals surface area contributed by atoms with Crippen LogP contribution in [0.3, 0.4) is 0 Å². The van der Waals surface area contributed by atoms with E-state index in [1.807, 2.05) is 55.2 Å². The van der Waals surface area contributed by atoms with E-state index in [4.69, 9.17) is 4.98 Å². The lowest BCUT2D eigenvalue weighted by Crippen LogP contribution is -2.44. The molecule has 3 atom stereocenters. The fraction of sp³-hybridized carbons (Fsp3) is 0.375. The molecule has 0 saturated carbocycles. The molecule has 1 fully saturated rings. The maximum absolute atomic E-state index is 13.2. The summed E-state index contributed by atoms with van der Waals surface area (Å²) in [7, 11) is 1.86. The Kier molecular flexibility index (Phi) is 4.59. The molecule has 1 aromatic carbocycles. The molecule has 160 valence electrons. The van der Waals surface area contributed by atoms with E-state index in [-0.39, 0.29) is 17.4 Å². The number of nitrogens with zero attached hydrogens (tertiary/aromatic N) is 4. The smallest absolute Gasteiger partial charge is 0.260 e. The van der Waals surface area contributed by atoms with Gasteiger partial charge in [0.15, 0.2) is 0 Å². The molecule has 2 N–H and O–H groups in total. The number of aromatic nitrogens is 4. The summed E-state index contributed by atoms with van der Waals surface area (Å²) in [5, 5.41) is 20.3. The Bertz CT molecular complexity index is 1360. The lowest BCUT2D eigenvalue weighted by atomic mass is 9.95. The predicted octanol–water partition coefficient (Wildman–Crippen LogP) is 3.67. The number of nitrogens with one attached hydrogen (secondary N) is 1. The summed E-state index contributed by atoms with van der Waals surface area (Å²) >= 11 is 0. The highest BCUT2D eigenvalue weighted by atomic mass is 16.3. The first-order valence-electron chi connectivity index (χ1n) is 10.8. The van der Waals surface area contributed by atoms with Crippen molar-refractivity contribution < 1.29 is 5.11 Å². The van der Waals surface area contributed by atoms with Crippen molar-refractivity contribution in [2.75, 3.05) is 0 Å². The molecule has 5 rings (SSSR count). The molecule has 0 radical (unpaired) electrons. The second-order valence-electron chi connectivity index (χ2n) is 8.89. The minimum absolute atomic E-state index is 0.00837. The van der Waals surface area contributed by atoms with E-state index < -0.39 is 0 Å². The molecule has 1 aliphatic rings. The molecule has 0 bridgehead atoms. The van der Waals surface area contributed by atoms with Crippen molar-refractivity contribution in [3.8, 4) is 17.0 Å². The Labute approximate surface area is 180 Å². The Hall–Kier alpha value is -3.19. The van der Waals surface area contributed by atoms with Gasteiger partial charge in [0.05, 0.1) is 22.1 Å². The van der Waals surface area contributed by atoms with E-state index in [0.717, 1.165) is 29.3 Å².